The number of sulfonamides is 1. The fourth-order valence-electron chi connectivity index (χ4n) is 2.26. The second-order valence-electron chi connectivity index (χ2n) is 5.06. The molecular formula is C14H23N3O2S. The zero-order chi connectivity index (χ0) is 14.6. The minimum atomic E-state index is -3.36. The molecule has 112 valence electrons. The summed E-state index contributed by atoms with van der Waals surface area (Å²) in [5.74, 6) is 0. The van der Waals surface area contributed by atoms with Crippen LogP contribution in [0, 0.1) is 0 Å². The van der Waals surface area contributed by atoms with E-state index in [1.54, 1.807) is 19.1 Å². The molecule has 0 amide bonds. The molecule has 0 aromatic heterocycles. The maximum Gasteiger partial charge on any atom is 0.240 e. The fourth-order valence-corrected chi connectivity index (χ4v) is 3.30. The quantitative estimate of drug-likeness (QED) is 0.758. The van der Waals surface area contributed by atoms with Gasteiger partial charge in [0.2, 0.25) is 10.0 Å². The first kappa shape index (κ1) is 15.3. The zero-order valence-corrected chi connectivity index (χ0v) is 12.7. The van der Waals surface area contributed by atoms with Gasteiger partial charge in [-0.15, -0.1) is 0 Å². The van der Waals surface area contributed by atoms with Crippen LogP contribution < -0.4 is 15.4 Å². The molecule has 0 unspecified atom stereocenters. The van der Waals surface area contributed by atoms with Gasteiger partial charge in [0, 0.05) is 24.8 Å². The van der Waals surface area contributed by atoms with Crippen LogP contribution in [0.15, 0.2) is 29.2 Å². The largest absolute Gasteiger partial charge is 0.368 e. The first-order chi connectivity index (χ1) is 9.58. The molecule has 1 saturated carbocycles. The highest BCUT2D eigenvalue weighted by atomic mass is 32.2. The molecule has 0 aliphatic heterocycles. The van der Waals surface area contributed by atoms with E-state index in [9.17, 15) is 8.42 Å². The van der Waals surface area contributed by atoms with Crippen LogP contribution in [0.25, 0.3) is 0 Å². The highest BCUT2D eigenvalue weighted by Gasteiger charge is 2.28. The van der Waals surface area contributed by atoms with E-state index in [1.165, 1.54) is 12.8 Å². The van der Waals surface area contributed by atoms with E-state index < -0.39 is 10.0 Å². The Hall–Kier alpha value is -1.11. The second kappa shape index (κ2) is 6.56. The Morgan fingerprint density at radius 3 is 2.45 bits per heavy atom. The van der Waals surface area contributed by atoms with Crippen molar-refractivity contribution in [1.82, 2.24) is 4.72 Å². The van der Waals surface area contributed by atoms with Gasteiger partial charge in [-0.05, 0) is 50.1 Å². The standard InChI is InChI=1S/C14H23N3O2S/c1-2-16-20(18,19)14-8-6-13(7-9-14)17(11-3-10-15)12-4-5-12/h6-9,12,16H,2-5,10-11,15H2,1H3. The summed E-state index contributed by atoms with van der Waals surface area (Å²) in [4.78, 5) is 2.65. The van der Waals surface area contributed by atoms with Crippen molar-refractivity contribution in [2.45, 2.75) is 37.1 Å². The normalized spacial score (nSPS) is 15.3. The van der Waals surface area contributed by atoms with Gasteiger partial charge in [-0.1, -0.05) is 6.92 Å². The van der Waals surface area contributed by atoms with Crippen molar-refractivity contribution in [2.75, 3.05) is 24.5 Å². The number of nitrogens with one attached hydrogen (secondary N) is 1. The summed E-state index contributed by atoms with van der Waals surface area (Å²) in [6, 6.07) is 7.71. The Balaban J connectivity index is 2.13. The van der Waals surface area contributed by atoms with Gasteiger partial charge >= 0.3 is 0 Å². The lowest BCUT2D eigenvalue weighted by molar-refractivity contribution is 0.584. The van der Waals surface area contributed by atoms with Crippen molar-refractivity contribution in [3.8, 4) is 0 Å². The highest BCUT2D eigenvalue weighted by molar-refractivity contribution is 7.89. The lowest BCUT2D eigenvalue weighted by Gasteiger charge is -2.24. The second-order valence-corrected chi connectivity index (χ2v) is 6.83. The monoisotopic (exact) mass is 297 g/mol. The smallest absolute Gasteiger partial charge is 0.240 e. The third-order valence-corrected chi connectivity index (χ3v) is 4.97. The molecule has 6 heteroatoms. The topological polar surface area (TPSA) is 75.4 Å². The summed E-state index contributed by atoms with van der Waals surface area (Å²) in [6.07, 6.45) is 3.37. The van der Waals surface area contributed by atoms with Crippen LogP contribution in [0.4, 0.5) is 5.69 Å². The van der Waals surface area contributed by atoms with Gasteiger partial charge in [-0.3, -0.25) is 0 Å². The fraction of sp³-hybridized carbons (Fsp3) is 0.571. The molecule has 0 atom stereocenters. The minimum absolute atomic E-state index is 0.317. The Morgan fingerprint density at radius 2 is 1.95 bits per heavy atom. The predicted octanol–water partition coefficient (Wildman–Crippen LogP) is 1.30. The van der Waals surface area contributed by atoms with Crippen molar-refractivity contribution in [3.05, 3.63) is 24.3 Å². The lowest BCUT2D eigenvalue weighted by Crippen LogP contribution is -2.28. The number of nitrogens with zero attached hydrogens (tertiary/aromatic N) is 1. The Bertz CT molecular complexity index is 524. The molecular weight excluding hydrogens is 274 g/mol. The van der Waals surface area contributed by atoms with E-state index in [1.807, 2.05) is 12.1 Å². The summed E-state index contributed by atoms with van der Waals surface area (Å²) >= 11 is 0. The number of anilines is 1. The van der Waals surface area contributed by atoms with Crippen LogP contribution in [0.1, 0.15) is 26.2 Å². The van der Waals surface area contributed by atoms with Gasteiger partial charge in [-0.25, -0.2) is 13.1 Å². The lowest BCUT2D eigenvalue weighted by atomic mass is 10.2. The summed E-state index contributed by atoms with van der Waals surface area (Å²) in [7, 11) is -3.36. The molecule has 1 aromatic rings. The van der Waals surface area contributed by atoms with E-state index in [-0.39, 0.29) is 0 Å². The van der Waals surface area contributed by atoms with Gasteiger partial charge in [0.25, 0.3) is 0 Å². The summed E-state index contributed by atoms with van der Waals surface area (Å²) in [5.41, 5.74) is 6.66. The first-order valence-electron chi connectivity index (χ1n) is 7.15. The molecule has 2 rings (SSSR count). The SMILES string of the molecule is CCNS(=O)(=O)c1ccc(N(CCCN)C2CC2)cc1. The first-order valence-corrected chi connectivity index (χ1v) is 8.63. The average molecular weight is 297 g/mol. The van der Waals surface area contributed by atoms with Crippen LogP contribution >= 0.6 is 0 Å². The number of nitrogens with two attached hydrogens (primary N) is 1. The molecule has 0 heterocycles. The van der Waals surface area contributed by atoms with E-state index in [0.717, 1.165) is 18.7 Å². The van der Waals surface area contributed by atoms with Crippen molar-refractivity contribution in [1.29, 1.82) is 0 Å². The highest BCUT2D eigenvalue weighted by Crippen LogP contribution is 2.32. The van der Waals surface area contributed by atoms with Crippen molar-refractivity contribution < 1.29 is 8.42 Å². The summed E-state index contributed by atoms with van der Waals surface area (Å²) in [5, 5.41) is 0. The van der Waals surface area contributed by atoms with Gasteiger partial charge in [0.15, 0.2) is 0 Å². The van der Waals surface area contributed by atoms with Crippen molar-refractivity contribution in [3.63, 3.8) is 0 Å². The zero-order valence-electron chi connectivity index (χ0n) is 11.9. The van der Waals surface area contributed by atoms with Gasteiger partial charge in [0.1, 0.15) is 0 Å². The van der Waals surface area contributed by atoms with E-state index in [2.05, 4.69) is 9.62 Å². The van der Waals surface area contributed by atoms with Crippen molar-refractivity contribution in [2.24, 2.45) is 5.73 Å². The van der Waals surface area contributed by atoms with Crippen LogP contribution in [0.2, 0.25) is 0 Å². The Morgan fingerprint density at radius 1 is 1.30 bits per heavy atom. The Labute approximate surface area is 121 Å². The predicted molar refractivity (Wildman–Crippen MR) is 81.3 cm³/mol. The van der Waals surface area contributed by atoms with E-state index in [0.29, 0.717) is 24.0 Å². The van der Waals surface area contributed by atoms with Gasteiger partial charge in [0.05, 0.1) is 4.90 Å². The third-order valence-electron chi connectivity index (χ3n) is 3.40. The molecule has 0 saturated heterocycles. The third kappa shape index (κ3) is 3.71. The summed E-state index contributed by atoms with van der Waals surface area (Å²) < 4.78 is 26.3. The molecule has 0 radical (unpaired) electrons. The van der Waals surface area contributed by atoms with Crippen molar-refractivity contribution >= 4 is 15.7 Å². The number of hydrogen-bond acceptors (Lipinski definition) is 4. The molecule has 5 nitrogen and oxygen atoms in total. The van der Waals surface area contributed by atoms with Crippen LogP contribution in [0.5, 0.6) is 0 Å². The maximum atomic E-state index is 11.9. The Kier molecular flexibility index (Phi) is 5.01. The number of rotatable bonds is 8. The minimum Gasteiger partial charge on any atom is -0.368 e. The van der Waals surface area contributed by atoms with Gasteiger partial charge in [-0.2, -0.15) is 0 Å². The van der Waals surface area contributed by atoms with E-state index in [4.69, 9.17) is 5.73 Å². The average Bonchev–Trinajstić information content (AvgIpc) is 3.24. The molecule has 0 bridgehead atoms. The molecule has 3 N–H and O–H groups in total. The molecule has 1 aliphatic rings. The molecule has 0 spiro atoms. The number of hydrogen-bond donors (Lipinski definition) is 2. The molecule has 1 fully saturated rings. The van der Waals surface area contributed by atoms with Crippen LogP contribution in [-0.4, -0.2) is 34.1 Å². The molecule has 1 aliphatic carbocycles. The van der Waals surface area contributed by atoms with Crippen LogP contribution in [0.3, 0.4) is 0 Å². The van der Waals surface area contributed by atoms with E-state index >= 15 is 0 Å². The summed E-state index contributed by atoms with van der Waals surface area (Å²) in [6.45, 7) is 3.78. The molecule has 1 aromatic carbocycles. The van der Waals surface area contributed by atoms with Crippen LogP contribution in [-0.2, 0) is 10.0 Å². The molecule has 20 heavy (non-hydrogen) atoms. The maximum absolute atomic E-state index is 11.9. The number of benzene rings is 1. The van der Waals surface area contributed by atoms with Gasteiger partial charge < -0.3 is 10.6 Å².